The minimum absolute atomic E-state index is 0.0132. The number of carbonyl (C=O) groups is 1. The maximum Gasteiger partial charge on any atom is 0.261 e. The number of rotatable bonds is 6. The molecule has 0 aliphatic rings. The van der Waals surface area contributed by atoms with Crippen molar-refractivity contribution in [1.29, 1.82) is 0 Å². The molecule has 0 atom stereocenters. The molecule has 0 aromatic carbocycles. The summed E-state index contributed by atoms with van der Waals surface area (Å²) in [6, 6.07) is 0. The van der Waals surface area contributed by atoms with Crippen molar-refractivity contribution < 1.29 is 18.3 Å². The molecule has 1 amide bonds. The van der Waals surface area contributed by atoms with Crippen molar-refractivity contribution in [2.24, 2.45) is 0 Å². The number of alkyl halides is 2. The van der Waals surface area contributed by atoms with Crippen molar-refractivity contribution in [3.8, 4) is 12.3 Å². The van der Waals surface area contributed by atoms with E-state index in [2.05, 4.69) is 16.0 Å². The minimum Gasteiger partial charge on any atom is -0.375 e. The van der Waals surface area contributed by atoms with Crippen LogP contribution in [-0.2, 0) is 9.53 Å². The lowest BCUT2D eigenvalue weighted by molar-refractivity contribution is -0.122. The Hall–Kier alpha value is -1.15. The Kier molecular flexibility index (Phi) is 6.83. The van der Waals surface area contributed by atoms with Gasteiger partial charge in [-0.25, -0.2) is 8.78 Å². The predicted octanol–water partition coefficient (Wildman–Crippen LogP) is 0.408. The van der Waals surface area contributed by atoms with E-state index in [0.29, 0.717) is 0 Å². The van der Waals surface area contributed by atoms with Crippen LogP contribution in [0.15, 0.2) is 0 Å². The van der Waals surface area contributed by atoms with Crippen molar-refractivity contribution in [3.63, 3.8) is 0 Å². The van der Waals surface area contributed by atoms with Gasteiger partial charge in [0.05, 0.1) is 13.2 Å². The van der Waals surface area contributed by atoms with Crippen LogP contribution in [0.25, 0.3) is 0 Å². The summed E-state index contributed by atoms with van der Waals surface area (Å²) in [5.41, 5.74) is 0. The summed E-state index contributed by atoms with van der Waals surface area (Å²) in [6.45, 7) is -0.503. The molecule has 0 fully saturated rings. The van der Waals surface area contributed by atoms with Gasteiger partial charge in [-0.3, -0.25) is 4.79 Å². The van der Waals surface area contributed by atoms with Crippen molar-refractivity contribution in [1.82, 2.24) is 5.32 Å². The zero-order valence-corrected chi connectivity index (χ0v) is 7.06. The Morgan fingerprint density at radius 2 is 2.31 bits per heavy atom. The Balaban J connectivity index is 3.23. The number of nitrogens with one attached hydrogen (secondary N) is 1. The summed E-state index contributed by atoms with van der Waals surface area (Å²) in [7, 11) is 0. The number of halogens is 2. The normalized spacial score (nSPS) is 9.69. The van der Waals surface area contributed by atoms with Crippen LogP contribution < -0.4 is 5.32 Å². The van der Waals surface area contributed by atoms with E-state index in [1.165, 1.54) is 0 Å². The molecule has 0 heterocycles. The molecular formula is C8H11F2NO2. The van der Waals surface area contributed by atoms with E-state index in [1.54, 1.807) is 0 Å². The van der Waals surface area contributed by atoms with Crippen molar-refractivity contribution in [3.05, 3.63) is 0 Å². The molecule has 3 nitrogen and oxygen atoms in total. The van der Waals surface area contributed by atoms with Crippen LogP contribution >= 0.6 is 0 Å². The second-order valence-corrected chi connectivity index (χ2v) is 2.20. The molecule has 0 spiro atoms. The number of terminal acetylenes is 1. The first-order valence-corrected chi connectivity index (χ1v) is 3.73. The minimum atomic E-state index is -2.49. The number of hydrogen-bond acceptors (Lipinski definition) is 2. The first-order valence-electron chi connectivity index (χ1n) is 3.73. The van der Waals surface area contributed by atoms with Crippen LogP contribution in [0, 0.1) is 12.3 Å². The highest BCUT2D eigenvalue weighted by atomic mass is 19.3. The van der Waals surface area contributed by atoms with Crippen LogP contribution in [0.3, 0.4) is 0 Å². The first kappa shape index (κ1) is 11.8. The predicted molar refractivity (Wildman–Crippen MR) is 43.3 cm³/mol. The number of amides is 1. The third kappa shape index (κ3) is 8.76. The van der Waals surface area contributed by atoms with Gasteiger partial charge in [-0.15, -0.1) is 6.42 Å². The van der Waals surface area contributed by atoms with Crippen molar-refractivity contribution >= 4 is 5.91 Å². The highest BCUT2D eigenvalue weighted by Crippen LogP contribution is 1.93. The molecule has 74 valence electrons. The molecule has 1 N–H and O–H groups in total. The average Bonchev–Trinajstić information content (AvgIpc) is 2.08. The maximum atomic E-state index is 11.5. The van der Waals surface area contributed by atoms with Crippen LogP contribution in [0.5, 0.6) is 0 Å². The lowest BCUT2D eigenvalue weighted by atomic mass is 10.4. The molecule has 0 aliphatic heterocycles. The van der Waals surface area contributed by atoms with Gasteiger partial charge in [-0.05, 0) is 0 Å². The first-order chi connectivity index (χ1) is 6.16. The zero-order chi connectivity index (χ0) is 10.1. The van der Waals surface area contributed by atoms with Gasteiger partial charge < -0.3 is 10.1 Å². The summed E-state index contributed by atoms with van der Waals surface area (Å²) < 4.78 is 27.5. The summed E-state index contributed by atoms with van der Waals surface area (Å²) in [6.07, 6.45) is 2.43. The van der Waals surface area contributed by atoms with Crippen LogP contribution in [-0.4, -0.2) is 32.1 Å². The molecule has 0 aromatic heterocycles. The largest absolute Gasteiger partial charge is 0.375 e. The lowest BCUT2D eigenvalue weighted by Crippen LogP contribution is -2.24. The molecule has 13 heavy (non-hydrogen) atoms. The highest BCUT2D eigenvalue weighted by molar-refractivity contribution is 5.76. The molecular weight excluding hydrogens is 180 g/mol. The Morgan fingerprint density at radius 1 is 1.62 bits per heavy atom. The van der Waals surface area contributed by atoms with Crippen molar-refractivity contribution in [2.45, 2.75) is 12.8 Å². The molecule has 5 heteroatoms. The third-order valence-electron chi connectivity index (χ3n) is 1.10. The average molecular weight is 191 g/mol. The van der Waals surface area contributed by atoms with E-state index in [9.17, 15) is 13.6 Å². The molecule has 0 aromatic rings. The van der Waals surface area contributed by atoms with Gasteiger partial charge in [0.2, 0.25) is 5.91 Å². The monoisotopic (exact) mass is 191 g/mol. The summed E-state index contributed by atoms with van der Waals surface area (Å²) in [4.78, 5) is 10.8. The fraction of sp³-hybridized carbons (Fsp3) is 0.625. The number of ether oxygens (including phenoxy) is 1. The van der Waals surface area contributed by atoms with Crippen LogP contribution in [0.1, 0.15) is 6.42 Å². The van der Waals surface area contributed by atoms with Gasteiger partial charge in [0.25, 0.3) is 6.43 Å². The van der Waals surface area contributed by atoms with E-state index in [-0.39, 0.29) is 25.5 Å². The molecule has 0 saturated carbocycles. The number of carbonyl (C=O) groups excluding carboxylic acids is 1. The topological polar surface area (TPSA) is 38.3 Å². The third-order valence-corrected chi connectivity index (χ3v) is 1.10. The SMILES string of the molecule is C#CCNC(=O)CCOCC(F)F. The second kappa shape index (κ2) is 7.50. The molecule has 0 rings (SSSR count). The quantitative estimate of drug-likeness (QED) is 0.487. The molecule has 0 unspecified atom stereocenters. The van der Waals surface area contributed by atoms with Crippen LogP contribution in [0.2, 0.25) is 0 Å². The maximum absolute atomic E-state index is 11.5. The second-order valence-electron chi connectivity index (χ2n) is 2.20. The van der Waals surface area contributed by atoms with Crippen LogP contribution in [0.4, 0.5) is 8.78 Å². The van der Waals surface area contributed by atoms with E-state index in [1.807, 2.05) is 0 Å². The smallest absolute Gasteiger partial charge is 0.261 e. The fourth-order valence-electron chi connectivity index (χ4n) is 0.575. The van der Waals surface area contributed by atoms with Crippen molar-refractivity contribution in [2.75, 3.05) is 19.8 Å². The van der Waals surface area contributed by atoms with Gasteiger partial charge in [-0.1, -0.05) is 5.92 Å². The van der Waals surface area contributed by atoms with E-state index in [4.69, 9.17) is 6.42 Å². The molecule has 0 bridgehead atoms. The van der Waals surface area contributed by atoms with Gasteiger partial charge in [0.15, 0.2) is 0 Å². The summed E-state index contributed by atoms with van der Waals surface area (Å²) >= 11 is 0. The molecule has 0 saturated heterocycles. The Bertz CT molecular complexity index is 189. The van der Waals surface area contributed by atoms with E-state index < -0.39 is 13.0 Å². The fourth-order valence-corrected chi connectivity index (χ4v) is 0.575. The van der Waals surface area contributed by atoms with E-state index in [0.717, 1.165) is 0 Å². The van der Waals surface area contributed by atoms with Gasteiger partial charge in [-0.2, -0.15) is 0 Å². The van der Waals surface area contributed by atoms with Gasteiger partial charge in [0.1, 0.15) is 6.61 Å². The summed E-state index contributed by atoms with van der Waals surface area (Å²) in [5.74, 6) is 1.92. The number of hydrogen-bond donors (Lipinski definition) is 1. The standard InChI is InChI=1S/C8H11F2NO2/c1-2-4-11-8(12)3-5-13-6-7(9)10/h1,7H,3-6H2,(H,11,12). The van der Waals surface area contributed by atoms with Gasteiger partial charge >= 0.3 is 0 Å². The highest BCUT2D eigenvalue weighted by Gasteiger charge is 2.03. The Labute approximate surface area is 75.4 Å². The molecule has 0 radical (unpaired) electrons. The Morgan fingerprint density at radius 3 is 2.85 bits per heavy atom. The summed E-state index contributed by atoms with van der Waals surface area (Å²) in [5, 5.41) is 2.38. The lowest BCUT2D eigenvalue weighted by Gasteiger charge is -2.02. The zero-order valence-electron chi connectivity index (χ0n) is 7.06. The molecule has 0 aliphatic carbocycles. The van der Waals surface area contributed by atoms with E-state index >= 15 is 0 Å². The van der Waals surface area contributed by atoms with Gasteiger partial charge in [0, 0.05) is 6.42 Å².